The Bertz CT molecular complexity index is 1230. The van der Waals surface area contributed by atoms with Crippen LogP contribution in [0.25, 0.3) is 22.2 Å². The number of aromatic nitrogens is 3. The average Bonchev–Trinajstić information content (AvgIpc) is 3.29. The van der Waals surface area contributed by atoms with Crippen LogP contribution >= 0.6 is 0 Å². The van der Waals surface area contributed by atoms with Crippen LogP contribution < -0.4 is 5.32 Å². The zero-order valence-electron chi connectivity index (χ0n) is 22.8. The standard InChI is InChI=1S/C29H39F3N6O/c1-3-4-26(29(30,31)32)34-28-33-17-24-25(19-38(27(24)35-28)22-9-11-23(39)12-10-22)21-7-5-20(6-8-21)18-37-15-13-36(2)14-16-37/h5-8,17,19,22-23,26,39H,3-4,9-16,18H2,1-2H3,(H,33,34,35)/t22-,23-,26-/m1/s1. The summed E-state index contributed by atoms with van der Waals surface area (Å²) in [5.74, 6) is -0.0115. The number of benzene rings is 1. The van der Waals surface area contributed by atoms with Gasteiger partial charge in [-0.15, -0.1) is 0 Å². The minimum atomic E-state index is -4.38. The van der Waals surface area contributed by atoms with Crippen LogP contribution in [-0.4, -0.2) is 81.0 Å². The van der Waals surface area contributed by atoms with Gasteiger partial charge in [0, 0.05) is 62.1 Å². The molecule has 0 bridgehead atoms. The summed E-state index contributed by atoms with van der Waals surface area (Å²) in [5, 5.41) is 13.4. The zero-order chi connectivity index (χ0) is 27.6. The Morgan fingerprint density at radius 3 is 2.38 bits per heavy atom. The number of piperazine rings is 1. The molecule has 2 aliphatic rings. The molecule has 2 aromatic heterocycles. The maximum Gasteiger partial charge on any atom is 0.408 e. The quantitative estimate of drug-likeness (QED) is 0.392. The molecular formula is C29H39F3N6O. The van der Waals surface area contributed by atoms with E-state index in [4.69, 9.17) is 0 Å². The largest absolute Gasteiger partial charge is 0.408 e. The molecule has 2 N–H and O–H groups in total. The molecule has 5 rings (SSSR count). The number of hydrogen-bond acceptors (Lipinski definition) is 6. The van der Waals surface area contributed by atoms with Crippen LogP contribution in [-0.2, 0) is 6.54 Å². The molecule has 0 radical (unpaired) electrons. The molecule has 0 amide bonds. The number of nitrogens with one attached hydrogen (secondary N) is 1. The predicted octanol–water partition coefficient (Wildman–Crippen LogP) is 5.46. The fourth-order valence-electron chi connectivity index (χ4n) is 5.76. The van der Waals surface area contributed by atoms with Crippen molar-refractivity contribution in [2.45, 2.75) is 76.4 Å². The zero-order valence-corrected chi connectivity index (χ0v) is 22.8. The van der Waals surface area contributed by atoms with Gasteiger partial charge in [-0.25, -0.2) is 4.98 Å². The highest BCUT2D eigenvalue weighted by atomic mass is 19.4. The molecule has 1 aliphatic heterocycles. The normalized spacial score (nSPS) is 22.3. The maximum absolute atomic E-state index is 13.6. The van der Waals surface area contributed by atoms with E-state index in [-0.39, 0.29) is 24.5 Å². The van der Waals surface area contributed by atoms with Crippen molar-refractivity contribution >= 4 is 17.0 Å². The van der Waals surface area contributed by atoms with E-state index in [9.17, 15) is 18.3 Å². The number of fused-ring (bicyclic) bond motifs is 1. The number of anilines is 1. The SMILES string of the molecule is CCC[C@@H](Nc1ncc2c(-c3ccc(CN4CCN(C)CC4)cc3)cn([C@H]3CC[C@H](O)CC3)c2n1)C(F)(F)F. The number of rotatable bonds is 8. The lowest BCUT2D eigenvalue weighted by atomic mass is 9.93. The lowest BCUT2D eigenvalue weighted by molar-refractivity contribution is -0.143. The third kappa shape index (κ3) is 6.56. The van der Waals surface area contributed by atoms with Crippen LogP contribution in [0.5, 0.6) is 0 Å². The molecule has 7 nitrogen and oxygen atoms in total. The molecule has 2 fully saturated rings. The number of alkyl halides is 3. The van der Waals surface area contributed by atoms with E-state index in [1.165, 1.54) is 5.56 Å². The fraction of sp³-hybridized carbons (Fsp3) is 0.586. The van der Waals surface area contributed by atoms with Gasteiger partial charge >= 0.3 is 6.18 Å². The molecule has 0 spiro atoms. The molecule has 3 aromatic rings. The minimum absolute atomic E-state index is 0.0115. The van der Waals surface area contributed by atoms with Gasteiger partial charge in [0.05, 0.1) is 6.10 Å². The van der Waals surface area contributed by atoms with Crippen molar-refractivity contribution in [3.05, 3.63) is 42.2 Å². The second kappa shape index (κ2) is 11.8. The van der Waals surface area contributed by atoms with E-state index in [2.05, 4.69) is 67.2 Å². The minimum Gasteiger partial charge on any atom is -0.393 e. The highest BCUT2D eigenvalue weighted by Crippen LogP contribution is 2.37. The number of aliphatic hydroxyl groups excluding tert-OH is 1. The van der Waals surface area contributed by atoms with Crippen LogP contribution in [0.3, 0.4) is 0 Å². The van der Waals surface area contributed by atoms with Crippen LogP contribution in [0.2, 0.25) is 0 Å². The fourth-order valence-corrected chi connectivity index (χ4v) is 5.76. The smallest absolute Gasteiger partial charge is 0.393 e. The van der Waals surface area contributed by atoms with E-state index >= 15 is 0 Å². The molecule has 1 saturated heterocycles. The van der Waals surface area contributed by atoms with Gasteiger partial charge in [0.25, 0.3) is 0 Å². The summed E-state index contributed by atoms with van der Waals surface area (Å²) in [6.07, 6.45) is 2.36. The first-order valence-corrected chi connectivity index (χ1v) is 14.1. The molecule has 1 aromatic carbocycles. The summed E-state index contributed by atoms with van der Waals surface area (Å²) in [6.45, 7) is 6.92. The van der Waals surface area contributed by atoms with Crippen LogP contribution in [0.15, 0.2) is 36.7 Å². The third-order valence-electron chi connectivity index (χ3n) is 8.17. The van der Waals surface area contributed by atoms with Gasteiger partial charge < -0.3 is 19.9 Å². The Morgan fingerprint density at radius 1 is 1.05 bits per heavy atom. The lowest BCUT2D eigenvalue weighted by Crippen LogP contribution is -2.43. The highest BCUT2D eigenvalue weighted by Gasteiger charge is 2.39. The van der Waals surface area contributed by atoms with E-state index in [0.29, 0.717) is 24.9 Å². The Morgan fingerprint density at radius 2 is 1.74 bits per heavy atom. The van der Waals surface area contributed by atoms with Crippen molar-refractivity contribution < 1.29 is 18.3 Å². The van der Waals surface area contributed by atoms with Gasteiger partial charge in [0.15, 0.2) is 0 Å². The summed E-state index contributed by atoms with van der Waals surface area (Å²) in [6, 6.07) is 6.97. The number of aliphatic hydroxyl groups is 1. The van der Waals surface area contributed by atoms with Gasteiger partial charge in [-0.3, -0.25) is 4.90 Å². The van der Waals surface area contributed by atoms with Crippen LogP contribution in [0, 0.1) is 0 Å². The van der Waals surface area contributed by atoms with Gasteiger partial charge in [0.1, 0.15) is 11.7 Å². The molecule has 1 saturated carbocycles. The van der Waals surface area contributed by atoms with Crippen molar-refractivity contribution in [2.75, 3.05) is 38.5 Å². The number of hydrogen-bond donors (Lipinski definition) is 2. The first-order chi connectivity index (χ1) is 18.7. The molecule has 3 heterocycles. The van der Waals surface area contributed by atoms with E-state index in [1.807, 2.05) is 0 Å². The Balaban J connectivity index is 1.45. The van der Waals surface area contributed by atoms with Crippen LogP contribution in [0.1, 0.15) is 57.1 Å². The molecular weight excluding hydrogens is 505 g/mol. The molecule has 10 heteroatoms. The topological polar surface area (TPSA) is 69.5 Å². The summed E-state index contributed by atoms with van der Waals surface area (Å²) in [7, 11) is 2.15. The van der Waals surface area contributed by atoms with Crippen molar-refractivity contribution in [3.63, 3.8) is 0 Å². The predicted molar refractivity (Wildman–Crippen MR) is 148 cm³/mol. The molecule has 212 valence electrons. The molecule has 1 aliphatic carbocycles. The second-order valence-electron chi connectivity index (χ2n) is 11.1. The Labute approximate surface area is 228 Å². The van der Waals surface area contributed by atoms with Gasteiger partial charge in [0.2, 0.25) is 5.95 Å². The Hall–Kier alpha value is -2.69. The average molecular weight is 545 g/mol. The third-order valence-corrected chi connectivity index (χ3v) is 8.17. The van der Waals surface area contributed by atoms with Crippen molar-refractivity contribution in [1.29, 1.82) is 0 Å². The number of likely N-dealkylation sites (N-methyl/N-ethyl adjacent to an activating group) is 1. The van der Waals surface area contributed by atoms with Crippen molar-refractivity contribution in [1.82, 2.24) is 24.3 Å². The first kappa shape index (κ1) is 27.9. The number of nitrogens with zero attached hydrogens (tertiary/aromatic N) is 5. The number of halogens is 3. The highest BCUT2D eigenvalue weighted by molar-refractivity contribution is 5.94. The van der Waals surface area contributed by atoms with Gasteiger partial charge in [-0.1, -0.05) is 37.6 Å². The van der Waals surface area contributed by atoms with E-state index in [0.717, 1.165) is 62.1 Å². The Kier molecular flexibility index (Phi) is 8.44. The lowest BCUT2D eigenvalue weighted by Gasteiger charge is -2.32. The first-order valence-electron chi connectivity index (χ1n) is 14.1. The monoisotopic (exact) mass is 544 g/mol. The van der Waals surface area contributed by atoms with Gasteiger partial charge in [-0.05, 0) is 50.3 Å². The molecule has 1 atom stereocenters. The van der Waals surface area contributed by atoms with E-state index < -0.39 is 12.2 Å². The van der Waals surface area contributed by atoms with E-state index in [1.54, 1.807) is 13.1 Å². The maximum atomic E-state index is 13.6. The summed E-state index contributed by atoms with van der Waals surface area (Å²) < 4.78 is 42.8. The van der Waals surface area contributed by atoms with Crippen molar-refractivity contribution in [2.24, 2.45) is 0 Å². The molecule has 0 unspecified atom stereocenters. The van der Waals surface area contributed by atoms with Gasteiger partial charge in [-0.2, -0.15) is 18.2 Å². The summed E-state index contributed by atoms with van der Waals surface area (Å²) in [5.41, 5.74) is 3.88. The summed E-state index contributed by atoms with van der Waals surface area (Å²) >= 11 is 0. The second-order valence-corrected chi connectivity index (χ2v) is 11.1. The molecule has 39 heavy (non-hydrogen) atoms. The van der Waals surface area contributed by atoms with Crippen molar-refractivity contribution in [3.8, 4) is 11.1 Å². The summed E-state index contributed by atoms with van der Waals surface area (Å²) in [4.78, 5) is 13.7. The van der Waals surface area contributed by atoms with Crippen LogP contribution in [0.4, 0.5) is 19.1 Å².